The molecule has 0 aromatic heterocycles. The topological polar surface area (TPSA) is 99.9 Å². The highest BCUT2D eigenvalue weighted by Crippen LogP contribution is 2.38. The monoisotopic (exact) mass is 318 g/mol. The number of ether oxygens (including phenoxy) is 3. The first-order valence-corrected chi connectivity index (χ1v) is 5.90. The third kappa shape index (κ3) is 3.46. The highest BCUT2D eigenvalue weighted by Gasteiger charge is 2.29. The second-order valence-corrected chi connectivity index (χ2v) is 4.14. The van der Waals surface area contributed by atoms with Crippen LogP contribution in [0.1, 0.15) is 18.0 Å². The molecule has 1 aromatic carbocycles. The fraction of sp³-hybridized carbons (Fsp3) is 0.417. The zero-order valence-corrected chi connectivity index (χ0v) is 12.3. The lowest BCUT2D eigenvalue weighted by atomic mass is 10.0. The van der Waals surface area contributed by atoms with E-state index in [4.69, 9.17) is 14.2 Å². The van der Waals surface area contributed by atoms with Crippen LogP contribution < -0.4 is 14.8 Å². The first-order chi connectivity index (χ1) is 9.56. The fourth-order valence-electron chi connectivity index (χ4n) is 2.08. The molecule has 0 spiro atoms. The summed E-state index contributed by atoms with van der Waals surface area (Å²) >= 11 is 0. The summed E-state index contributed by atoms with van der Waals surface area (Å²) in [4.78, 5) is 21.9. The molecule has 1 N–H and O–H groups in total. The fourth-order valence-corrected chi connectivity index (χ4v) is 2.08. The van der Waals surface area contributed by atoms with E-state index in [2.05, 4.69) is 5.32 Å². The van der Waals surface area contributed by atoms with Crippen LogP contribution in [0.2, 0.25) is 0 Å². The molecule has 0 aliphatic carbocycles. The number of rotatable bonds is 4. The van der Waals surface area contributed by atoms with Gasteiger partial charge in [0, 0.05) is 6.42 Å². The van der Waals surface area contributed by atoms with Crippen molar-refractivity contribution in [3.05, 3.63) is 27.8 Å². The molecule has 1 aliphatic heterocycles. The summed E-state index contributed by atoms with van der Waals surface area (Å²) < 4.78 is 14.9. The van der Waals surface area contributed by atoms with E-state index in [1.807, 2.05) is 0 Å². The maximum Gasteiger partial charge on any atom is 0.407 e. The van der Waals surface area contributed by atoms with Crippen molar-refractivity contribution in [1.82, 2.24) is 5.32 Å². The Balaban J connectivity index is 0.00000220. The minimum atomic E-state index is -0.592. The molecule has 0 saturated carbocycles. The quantitative estimate of drug-likeness (QED) is 0.674. The number of nitro benzene ring substituents is 1. The Kier molecular flexibility index (Phi) is 5.60. The molecule has 0 radical (unpaired) electrons. The van der Waals surface area contributed by atoms with Gasteiger partial charge in [0.1, 0.15) is 0 Å². The van der Waals surface area contributed by atoms with E-state index in [0.29, 0.717) is 17.7 Å². The Morgan fingerprint density at radius 2 is 1.95 bits per heavy atom. The van der Waals surface area contributed by atoms with Gasteiger partial charge in [-0.2, -0.15) is 0 Å². The van der Waals surface area contributed by atoms with Crippen molar-refractivity contribution in [2.24, 2.45) is 0 Å². The molecule has 1 aromatic rings. The molecule has 1 aliphatic rings. The number of hydrogen-bond acceptors (Lipinski definition) is 6. The summed E-state index contributed by atoms with van der Waals surface area (Å²) in [6, 6.07) is 2.31. The van der Waals surface area contributed by atoms with E-state index in [1.165, 1.54) is 26.4 Å². The van der Waals surface area contributed by atoms with Gasteiger partial charge in [0.15, 0.2) is 11.5 Å². The predicted octanol–water partition coefficient (Wildman–Crippen LogP) is 2.20. The third-order valence-electron chi connectivity index (χ3n) is 3.04. The molecule has 0 unspecified atom stereocenters. The van der Waals surface area contributed by atoms with Crippen molar-refractivity contribution in [2.45, 2.75) is 12.5 Å². The molecular formula is C12H15ClN2O6. The van der Waals surface area contributed by atoms with Crippen LogP contribution in [0.3, 0.4) is 0 Å². The van der Waals surface area contributed by atoms with E-state index < -0.39 is 17.1 Å². The minimum Gasteiger partial charge on any atom is -0.493 e. The molecule has 0 bridgehead atoms. The number of carbonyl (C=O) groups is 1. The molecule has 116 valence electrons. The van der Waals surface area contributed by atoms with Crippen LogP contribution in [0.5, 0.6) is 11.5 Å². The Morgan fingerprint density at radius 3 is 2.48 bits per heavy atom. The number of benzene rings is 1. The lowest BCUT2D eigenvalue weighted by molar-refractivity contribution is -0.385. The van der Waals surface area contributed by atoms with E-state index in [0.717, 1.165) is 0 Å². The number of nitro groups is 1. The highest BCUT2D eigenvalue weighted by atomic mass is 35.5. The van der Waals surface area contributed by atoms with E-state index in [-0.39, 0.29) is 30.5 Å². The van der Waals surface area contributed by atoms with E-state index >= 15 is 0 Å². The SMILES string of the molecule is COc1cc([C@H]2CCOC(=O)N2)c([N+](=O)[O-])cc1OC.Cl. The lowest BCUT2D eigenvalue weighted by Crippen LogP contribution is -2.35. The molecule has 8 nitrogen and oxygen atoms in total. The third-order valence-corrected chi connectivity index (χ3v) is 3.04. The van der Waals surface area contributed by atoms with Gasteiger partial charge in [0.25, 0.3) is 5.69 Å². The Morgan fingerprint density at radius 1 is 1.33 bits per heavy atom. The van der Waals surface area contributed by atoms with Crippen molar-refractivity contribution in [3.63, 3.8) is 0 Å². The summed E-state index contributed by atoms with van der Waals surface area (Å²) in [7, 11) is 2.84. The average molecular weight is 319 g/mol. The second kappa shape index (κ2) is 6.98. The maximum absolute atomic E-state index is 11.2. The predicted molar refractivity (Wildman–Crippen MR) is 75.3 cm³/mol. The lowest BCUT2D eigenvalue weighted by Gasteiger charge is -2.24. The van der Waals surface area contributed by atoms with E-state index in [1.54, 1.807) is 0 Å². The molecule has 1 saturated heterocycles. The van der Waals surface area contributed by atoms with Gasteiger partial charge in [0.2, 0.25) is 0 Å². The molecule has 1 heterocycles. The number of halogens is 1. The Hall–Kier alpha value is -2.22. The number of amides is 1. The Labute approximate surface area is 126 Å². The molecule has 1 atom stereocenters. The highest BCUT2D eigenvalue weighted by molar-refractivity contribution is 5.85. The molecule has 1 amide bonds. The summed E-state index contributed by atoms with van der Waals surface area (Å²) in [5, 5.41) is 13.7. The van der Waals surface area contributed by atoms with Gasteiger partial charge in [-0.15, -0.1) is 12.4 Å². The van der Waals surface area contributed by atoms with Crippen molar-refractivity contribution >= 4 is 24.2 Å². The molecular weight excluding hydrogens is 304 g/mol. The summed E-state index contributed by atoms with van der Waals surface area (Å²) in [6.45, 7) is 0.210. The molecule has 2 rings (SSSR count). The Bertz CT molecular complexity index is 551. The van der Waals surface area contributed by atoms with Crippen LogP contribution in [0.4, 0.5) is 10.5 Å². The van der Waals surface area contributed by atoms with Crippen molar-refractivity contribution in [3.8, 4) is 11.5 Å². The van der Waals surface area contributed by atoms with Gasteiger partial charge < -0.3 is 19.5 Å². The van der Waals surface area contributed by atoms with Gasteiger partial charge >= 0.3 is 6.09 Å². The van der Waals surface area contributed by atoms with Crippen LogP contribution in [0.15, 0.2) is 12.1 Å². The zero-order chi connectivity index (χ0) is 14.7. The van der Waals surface area contributed by atoms with Gasteiger partial charge in [-0.3, -0.25) is 10.1 Å². The van der Waals surface area contributed by atoms with Crippen LogP contribution in [-0.4, -0.2) is 31.8 Å². The first kappa shape index (κ1) is 16.8. The summed E-state index contributed by atoms with van der Waals surface area (Å²) in [6.07, 6.45) is -0.146. The largest absolute Gasteiger partial charge is 0.493 e. The van der Waals surface area contributed by atoms with Gasteiger partial charge in [-0.05, 0) is 6.07 Å². The number of carbonyl (C=O) groups excluding carboxylic acids is 1. The summed E-state index contributed by atoms with van der Waals surface area (Å²) in [5.74, 6) is 0.634. The van der Waals surface area contributed by atoms with Gasteiger partial charge in [0.05, 0.1) is 43.4 Å². The zero-order valence-electron chi connectivity index (χ0n) is 11.5. The number of alkyl carbamates (subject to hydrolysis) is 1. The number of nitrogens with zero attached hydrogens (tertiary/aromatic N) is 1. The number of methoxy groups -OCH3 is 2. The average Bonchev–Trinajstić information content (AvgIpc) is 2.45. The van der Waals surface area contributed by atoms with Gasteiger partial charge in [-0.1, -0.05) is 0 Å². The first-order valence-electron chi connectivity index (χ1n) is 5.90. The molecule has 21 heavy (non-hydrogen) atoms. The minimum absolute atomic E-state index is 0. The van der Waals surface area contributed by atoms with E-state index in [9.17, 15) is 14.9 Å². The van der Waals surface area contributed by atoms with Crippen molar-refractivity contribution < 1.29 is 23.9 Å². The van der Waals surface area contributed by atoms with Crippen molar-refractivity contribution in [2.75, 3.05) is 20.8 Å². The van der Waals surface area contributed by atoms with Crippen LogP contribution in [-0.2, 0) is 4.74 Å². The number of nitrogens with one attached hydrogen (secondary N) is 1. The van der Waals surface area contributed by atoms with Crippen LogP contribution in [0, 0.1) is 10.1 Å². The standard InChI is InChI=1S/C12H14N2O6.ClH/c1-18-10-5-7(8-3-4-20-12(15)13-8)9(14(16)17)6-11(10)19-2;/h5-6,8H,3-4H2,1-2H3,(H,13,15);1H/t8-;/m1./s1. The smallest absolute Gasteiger partial charge is 0.407 e. The normalized spacial score (nSPS) is 17.0. The van der Waals surface area contributed by atoms with Gasteiger partial charge in [-0.25, -0.2) is 4.79 Å². The van der Waals surface area contributed by atoms with Crippen molar-refractivity contribution in [1.29, 1.82) is 0 Å². The summed E-state index contributed by atoms with van der Waals surface area (Å²) in [5.41, 5.74) is 0.235. The maximum atomic E-state index is 11.2. The second-order valence-electron chi connectivity index (χ2n) is 4.14. The molecule has 9 heteroatoms. The number of hydrogen-bond donors (Lipinski definition) is 1. The molecule has 1 fully saturated rings. The number of cyclic esters (lactones) is 1. The van der Waals surface area contributed by atoms with Crippen LogP contribution in [0.25, 0.3) is 0 Å². The van der Waals surface area contributed by atoms with Crippen LogP contribution >= 0.6 is 12.4 Å².